The summed E-state index contributed by atoms with van der Waals surface area (Å²) in [4.78, 5) is 24.5. The third kappa shape index (κ3) is 5.59. The van der Waals surface area contributed by atoms with E-state index >= 15 is 0 Å². The van der Waals surface area contributed by atoms with E-state index in [-0.39, 0.29) is 12.5 Å². The normalized spacial score (nSPS) is 10.5. The van der Waals surface area contributed by atoms with Crippen LogP contribution in [-0.4, -0.2) is 44.1 Å². The Hall–Kier alpha value is -1.82. The number of ether oxygens (including phenoxy) is 2. The van der Waals surface area contributed by atoms with Crippen LogP contribution in [0, 0.1) is 0 Å². The van der Waals surface area contributed by atoms with Crippen molar-refractivity contribution >= 4 is 33.9 Å². The van der Waals surface area contributed by atoms with Gasteiger partial charge in [-0.3, -0.25) is 9.59 Å². The van der Waals surface area contributed by atoms with Crippen molar-refractivity contribution < 1.29 is 19.1 Å². The van der Waals surface area contributed by atoms with Crippen LogP contribution in [0.15, 0.2) is 28.7 Å². The van der Waals surface area contributed by atoms with E-state index in [2.05, 4.69) is 15.9 Å². The summed E-state index contributed by atoms with van der Waals surface area (Å²) in [6.07, 6.45) is 3.04. The van der Waals surface area contributed by atoms with Crippen LogP contribution < -0.4 is 4.74 Å². The van der Waals surface area contributed by atoms with Crippen molar-refractivity contribution in [1.29, 1.82) is 0 Å². The molecule has 0 atom stereocenters. The van der Waals surface area contributed by atoms with Gasteiger partial charge in [-0.15, -0.1) is 0 Å². The van der Waals surface area contributed by atoms with E-state index in [0.717, 1.165) is 10.0 Å². The molecule has 0 aliphatic heterocycles. The number of likely N-dealkylation sites (N-methyl/N-ethyl adjacent to an activating group) is 1. The number of hydrogen-bond acceptors (Lipinski definition) is 4. The van der Waals surface area contributed by atoms with Crippen LogP contribution in [0.25, 0.3) is 6.08 Å². The summed E-state index contributed by atoms with van der Waals surface area (Å²) >= 11 is 3.37. The Morgan fingerprint density at radius 3 is 2.71 bits per heavy atom. The van der Waals surface area contributed by atoms with Gasteiger partial charge in [-0.25, -0.2) is 0 Å². The number of nitrogens with zero attached hydrogens (tertiary/aromatic N) is 1. The van der Waals surface area contributed by atoms with Crippen molar-refractivity contribution in [2.75, 3.05) is 27.3 Å². The monoisotopic (exact) mass is 355 g/mol. The van der Waals surface area contributed by atoms with Gasteiger partial charge in [0.25, 0.3) is 0 Å². The molecule has 6 heteroatoms. The second-order valence-corrected chi connectivity index (χ2v) is 5.13. The van der Waals surface area contributed by atoms with Gasteiger partial charge in [0.1, 0.15) is 12.3 Å². The summed E-state index contributed by atoms with van der Waals surface area (Å²) in [5.74, 6) is -0.0536. The summed E-state index contributed by atoms with van der Waals surface area (Å²) in [5, 5.41) is 0. The minimum Gasteiger partial charge on any atom is -0.496 e. The Bertz CT molecular complexity index is 542. The van der Waals surface area contributed by atoms with E-state index in [0.29, 0.717) is 12.4 Å². The molecule has 0 bridgehead atoms. The van der Waals surface area contributed by atoms with Crippen molar-refractivity contribution in [2.24, 2.45) is 0 Å². The molecule has 0 fully saturated rings. The van der Waals surface area contributed by atoms with Crippen molar-refractivity contribution in [3.05, 3.63) is 34.3 Å². The molecule has 114 valence electrons. The van der Waals surface area contributed by atoms with Gasteiger partial charge < -0.3 is 14.4 Å². The third-order valence-corrected chi connectivity index (χ3v) is 3.14. The van der Waals surface area contributed by atoms with Crippen LogP contribution in [0.1, 0.15) is 12.5 Å². The molecule has 21 heavy (non-hydrogen) atoms. The molecule has 1 rings (SSSR count). The van der Waals surface area contributed by atoms with Gasteiger partial charge in [0, 0.05) is 23.2 Å². The molecule has 0 aliphatic carbocycles. The lowest BCUT2D eigenvalue weighted by Crippen LogP contribution is -2.31. The van der Waals surface area contributed by atoms with Gasteiger partial charge in [-0.2, -0.15) is 0 Å². The summed E-state index contributed by atoms with van der Waals surface area (Å²) in [5.41, 5.74) is 0.768. The molecule has 1 amide bonds. The molecule has 0 radical (unpaired) electrons. The fourth-order valence-corrected chi connectivity index (χ4v) is 1.98. The zero-order valence-electron chi connectivity index (χ0n) is 12.3. The van der Waals surface area contributed by atoms with Crippen molar-refractivity contribution in [1.82, 2.24) is 4.90 Å². The minimum absolute atomic E-state index is 0.0768. The first-order valence-electron chi connectivity index (χ1n) is 6.40. The Morgan fingerprint density at radius 1 is 1.38 bits per heavy atom. The summed E-state index contributed by atoms with van der Waals surface area (Å²) in [7, 11) is 3.11. The topological polar surface area (TPSA) is 55.8 Å². The molecule has 0 spiro atoms. The third-order valence-electron chi connectivity index (χ3n) is 2.65. The molecule has 0 heterocycles. The Kier molecular flexibility index (Phi) is 6.94. The number of esters is 1. The number of benzene rings is 1. The molecule has 0 saturated heterocycles. The average molecular weight is 356 g/mol. The molecule has 0 unspecified atom stereocenters. The van der Waals surface area contributed by atoms with Crippen molar-refractivity contribution in [3.8, 4) is 5.75 Å². The predicted molar refractivity (Wildman–Crippen MR) is 84.0 cm³/mol. The van der Waals surface area contributed by atoms with E-state index in [4.69, 9.17) is 9.47 Å². The van der Waals surface area contributed by atoms with Gasteiger partial charge in [0.05, 0.1) is 13.7 Å². The highest BCUT2D eigenvalue weighted by molar-refractivity contribution is 9.10. The van der Waals surface area contributed by atoms with E-state index < -0.39 is 5.97 Å². The second-order valence-electron chi connectivity index (χ2n) is 4.22. The lowest BCUT2D eigenvalue weighted by atomic mass is 10.2. The van der Waals surface area contributed by atoms with Crippen molar-refractivity contribution in [3.63, 3.8) is 0 Å². The molecule has 0 saturated carbocycles. The lowest BCUT2D eigenvalue weighted by molar-refractivity contribution is -0.146. The Morgan fingerprint density at radius 2 is 2.10 bits per heavy atom. The largest absolute Gasteiger partial charge is 0.496 e. The Balaban J connectivity index is 2.73. The van der Waals surface area contributed by atoms with E-state index in [9.17, 15) is 9.59 Å². The number of hydrogen-bond donors (Lipinski definition) is 0. The highest BCUT2D eigenvalue weighted by Gasteiger charge is 2.11. The molecular weight excluding hydrogens is 338 g/mol. The van der Waals surface area contributed by atoms with E-state index in [1.807, 2.05) is 12.1 Å². The van der Waals surface area contributed by atoms with Crippen LogP contribution in [0.4, 0.5) is 0 Å². The zero-order chi connectivity index (χ0) is 15.8. The average Bonchev–Trinajstić information content (AvgIpc) is 2.45. The van der Waals surface area contributed by atoms with Crippen LogP contribution >= 0.6 is 15.9 Å². The van der Waals surface area contributed by atoms with E-state index in [1.165, 1.54) is 11.0 Å². The van der Waals surface area contributed by atoms with Gasteiger partial charge >= 0.3 is 5.97 Å². The molecule has 1 aromatic rings. The minimum atomic E-state index is -0.429. The summed E-state index contributed by atoms with van der Waals surface area (Å²) in [6.45, 7) is 1.94. The molecule has 0 aromatic heterocycles. The standard InChI is InChI=1S/C15H18BrNO4/c1-4-21-15(19)10-17(2)14(18)8-5-11-9-12(16)6-7-13(11)20-3/h5-9H,4,10H2,1-3H3. The summed E-state index contributed by atoms with van der Waals surface area (Å²) in [6, 6.07) is 5.50. The number of halogens is 1. The quantitative estimate of drug-likeness (QED) is 0.581. The first-order valence-corrected chi connectivity index (χ1v) is 7.19. The van der Waals surface area contributed by atoms with Gasteiger partial charge in [-0.1, -0.05) is 15.9 Å². The maximum absolute atomic E-state index is 11.9. The molecule has 5 nitrogen and oxygen atoms in total. The van der Waals surface area contributed by atoms with Crippen molar-refractivity contribution in [2.45, 2.75) is 6.92 Å². The SMILES string of the molecule is CCOC(=O)CN(C)C(=O)C=Cc1cc(Br)ccc1OC. The molecule has 1 aromatic carbocycles. The highest BCUT2D eigenvalue weighted by atomic mass is 79.9. The zero-order valence-corrected chi connectivity index (χ0v) is 13.8. The van der Waals surface area contributed by atoms with Crippen LogP contribution in [0.5, 0.6) is 5.75 Å². The number of amides is 1. The first-order chi connectivity index (χ1) is 9.97. The number of methoxy groups -OCH3 is 1. The first kappa shape index (κ1) is 17.2. The van der Waals surface area contributed by atoms with Gasteiger partial charge in [-0.05, 0) is 31.2 Å². The van der Waals surface area contributed by atoms with Crippen LogP contribution in [0.2, 0.25) is 0 Å². The smallest absolute Gasteiger partial charge is 0.325 e. The van der Waals surface area contributed by atoms with Crippen LogP contribution in [-0.2, 0) is 14.3 Å². The fourth-order valence-electron chi connectivity index (χ4n) is 1.60. The fraction of sp³-hybridized carbons (Fsp3) is 0.333. The molecule has 0 N–H and O–H groups in total. The van der Waals surface area contributed by atoms with E-state index in [1.54, 1.807) is 33.2 Å². The van der Waals surface area contributed by atoms with Gasteiger partial charge in [0.2, 0.25) is 5.91 Å². The number of rotatable bonds is 6. The highest BCUT2D eigenvalue weighted by Crippen LogP contribution is 2.24. The second kappa shape index (κ2) is 8.46. The molecule has 0 aliphatic rings. The Labute approximate surface area is 132 Å². The molecular formula is C15H18BrNO4. The summed E-state index contributed by atoms with van der Waals surface area (Å²) < 4.78 is 10.9. The lowest BCUT2D eigenvalue weighted by Gasteiger charge is -2.13. The maximum atomic E-state index is 11.9. The number of carbonyl (C=O) groups is 2. The number of carbonyl (C=O) groups excluding carboxylic acids is 2. The maximum Gasteiger partial charge on any atom is 0.325 e. The predicted octanol–water partition coefficient (Wildman–Crippen LogP) is 2.49. The van der Waals surface area contributed by atoms with Gasteiger partial charge in [0.15, 0.2) is 0 Å². The van der Waals surface area contributed by atoms with Crippen LogP contribution in [0.3, 0.4) is 0 Å².